The number of carbonyl (C=O) groups excluding carboxylic acids is 1. The van der Waals surface area contributed by atoms with E-state index in [9.17, 15) is 4.79 Å². The van der Waals surface area contributed by atoms with Gasteiger partial charge in [0, 0.05) is 18.3 Å². The maximum absolute atomic E-state index is 11.9. The molecular weight excluding hydrogens is 228 g/mol. The zero-order chi connectivity index (χ0) is 13.5. The fourth-order valence-corrected chi connectivity index (χ4v) is 1.84. The molecule has 1 rings (SSSR count). The molecule has 0 fully saturated rings. The molecule has 0 spiro atoms. The number of nitrogens with two attached hydrogens (primary N) is 1. The van der Waals surface area contributed by atoms with E-state index in [2.05, 4.69) is 5.32 Å². The van der Waals surface area contributed by atoms with Gasteiger partial charge in [-0.05, 0) is 24.0 Å². The molecule has 0 bridgehead atoms. The average molecular weight is 250 g/mol. The first-order valence-electron chi connectivity index (χ1n) is 6.28. The second kappa shape index (κ2) is 7.01. The maximum Gasteiger partial charge on any atom is 0.224 e. The lowest BCUT2D eigenvalue weighted by Gasteiger charge is -2.21. The number of para-hydroxylation sites is 1. The van der Waals surface area contributed by atoms with Gasteiger partial charge in [0.1, 0.15) is 0 Å². The number of carbonyl (C=O) groups is 1. The number of benzene rings is 1. The molecule has 4 N–H and O–H groups in total. The third-order valence-electron chi connectivity index (χ3n) is 3.00. The van der Waals surface area contributed by atoms with Gasteiger partial charge in [0.2, 0.25) is 5.91 Å². The number of nitrogens with one attached hydrogen (secondary N) is 1. The number of aliphatic hydroxyl groups excluding tert-OH is 1. The van der Waals surface area contributed by atoms with E-state index in [0.29, 0.717) is 18.0 Å². The molecule has 18 heavy (non-hydrogen) atoms. The normalized spacial score (nSPS) is 12.4. The average Bonchev–Trinajstić information content (AvgIpc) is 2.31. The van der Waals surface area contributed by atoms with Crippen LogP contribution in [0, 0.1) is 5.92 Å². The van der Waals surface area contributed by atoms with Gasteiger partial charge in [-0.25, -0.2) is 0 Å². The summed E-state index contributed by atoms with van der Waals surface area (Å²) in [5.74, 6) is 0.245. The van der Waals surface area contributed by atoms with Gasteiger partial charge in [0.15, 0.2) is 0 Å². The number of rotatable bonds is 6. The lowest BCUT2D eigenvalue weighted by atomic mass is 10.0. The molecule has 1 aromatic carbocycles. The monoisotopic (exact) mass is 250 g/mol. The first-order valence-corrected chi connectivity index (χ1v) is 6.28. The standard InChI is InChI=1S/C14H22N2O2/c1-10(2)13(7-8-17)16-14(18)9-11-5-3-4-6-12(11)15/h3-6,10,13,17H,7-9,15H2,1-2H3,(H,16,18). The Morgan fingerprint density at radius 2 is 2.06 bits per heavy atom. The van der Waals surface area contributed by atoms with E-state index in [4.69, 9.17) is 10.8 Å². The van der Waals surface area contributed by atoms with Crippen molar-refractivity contribution in [3.05, 3.63) is 29.8 Å². The Kier molecular flexibility index (Phi) is 5.65. The van der Waals surface area contributed by atoms with Gasteiger partial charge in [-0.15, -0.1) is 0 Å². The number of nitrogen functional groups attached to an aromatic ring is 1. The molecule has 100 valence electrons. The van der Waals surface area contributed by atoms with Gasteiger partial charge in [-0.2, -0.15) is 0 Å². The largest absolute Gasteiger partial charge is 0.398 e. The van der Waals surface area contributed by atoms with Gasteiger partial charge in [0.05, 0.1) is 6.42 Å². The fraction of sp³-hybridized carbons (Fsp3) is 0.500. The third kappa shape index (κ3) is 4.37. The van der Waals surface area contributed by atoms with Crippen molar-refractivity contribution in [3.8, 4) is 0 Å². The molecule has 1 amide bonds. The predicted molar refractivity (Wildman–Crippen MR) is 73.0 cm³/mol. The number of amides is 1. The van der Waals surface area contributed by atoms with E-state index in [-0.39, 0.29) is 25.0 Å². The minimum Gasteiger partial charge on any atom is -0.398 e. The zero-order valence-electron chi connectivity index (χ0n) is 11.0. The Hall–Kier alpha value is -1.55. The Balaban J connectivity index is 2.58. The second-order valence-electron chi connectivity index (χ2n) is 4.81. The van der Waals surface area contributed by atoms with Crippen LogP contribution < -0.4 is 11.1 Å². The SMILES string of the molecule is CC(C)C(CCO)NC(=O)Cc1ccccc1N. The first-order chi connectivity index (χ1) is 8.54. The predicted octanol–water partition coefficient (Wildman–Crippen LogP) is 1.33. The van der Waals surface area contributed by atoms with Crippen LogP contribution in [0.3, 0.4) is 0 Å². The van der Waals surface area contributed by atoms with Crippen molar-refractivity contribution in [3.63, 3.8) is 0 Å². The van der Waals surface area contributed by atoms with Crippen molar-refractivity contribution >= 4 is 11.6 Å². The van der Waals surface area contributed by atoms with Crippen LogP contribution in [0.25, 0.3) is 0 Å². The summed E-state index contributed by atoms with van der Waals surface area (Å²) < 4.78 is 0. The van der Waals surface area contributed by atoms with E-state index in [0.717, 1.165) is 5.56 Å². The summed E-state index contributed by atoms with van der Waals surface area (Å²) in [6.07, 6.45) is 0.856. The highest BCUT2D eigenvalue weighted by Gasteiger charge is 2.16. The zero-order valence-corrected chi connectivity index (χ0v) is 11.0. The molecule has 4 heteroatoms. The van der Waals surface area contributed by atoms with Gasteiger partial charge in [0.25, 0.3) is 0 Å². The summed E-state index contributed by atoms with van der Waals surface area (Å²) in [7, 11) is 0. The van der Waals surface area contributed by atoms with Crippen LogP contribution in [0.2, 0.25) is 0 Å². The molecule has 4 nitrogen and oxygen atoms in total. The first kappa shape index (κ1) is 14.5. The Morgan fingerprint density at radius 3 is 2.61 bits per heavy atom. The quantitative estimate of drug-likeness (QED) is 0.667. The van der Waals surface area contributed by atoms with E-state index >= 15 is 0 Å². The number of anilines is 1. The molecule has 0 radical (unpaired) electrons. The lowest BCUT2D eigenvalue weighted by Crippen LogP contribution is -2.40. The van der Waals surface area contributed by atoms with Gasteiger partial charge in [-0.3, -0.25) is 4.79 Å². The number of hydrogen-bond acceptors (Lipinski definition) is 3. The van der Waals surface area contributed by atoms with E-state index in [1.807, 2.05) is 32.0 Å². The van der Waals surface area contributed by atoms with Crippen molar-refractivity contribution in [2.24, 2.45) is 5.92 Å². The molecule has 0 heterocycles. The molecule has 0 aromatic heterocycles. The van der Waals surface area contributed by atoms with Crippen LogP contribution in [0.1, 0.15) is 25.8 Å². The summed E-state index contributed by atoms with van der Waals surface area (Å²) in [5, 5.41) is 11.9. The van der Waals surface area contributed by atoms with Gasteiger partial charge < -0.3 is 16.2 Å². The third-order valence-corrected chi connectivity index (χ3v) is 3.00. The van der Waals surface area contributed by atoms with Gasteiger partial charge >= 0.3 is 0 Å². The van der Waals surface area contributed by atoms with Crippen molar-refractivity contribution in [1.82, 2.24) is 5.32 Å². The van der Waals surface area contributed by atoms with Crippen molar-refractivity contribution < 1.29 is 9.90 Å². The van der Waals surface area contributed by atoms with Crippen LogP contribution in [0.4, 0.5) is 5.69 Å². The topological polar surface area (TPSA) is 75.3 Å². The molecule has 1 aromatic rings. The summed E-state index contributed by atoms with van der Waals surface area (Å²) in [5.41, 5.74) is 7.27. The Morgan fingerprint density at radius 1 is 1.39 bits per heavy atom. The van der Waals surface area contributed by atoms with Crippen LogP contribution in [0.15, 0.2) is 24.3 Å². The van der Waals surface area contributed by atoms with Crippen LogP contribution >= 0.6 is 0 Å². The minimum atomic E-state index is -0.0555. The molecule has 0 aliphatic rings. The van der Waals surface area contributed by atoms with Crippen LogP contribution in [-0.2, 0) is 11.2 Å². The molecular formula is C14H22N2O2. The van der Waals surface area contributed by atoms with E-state index in [1.165, 1.54) is 0 Å². The smallest absolute Gasteiger partial charge is 0.224 e. The molecule has 0 saturated heterocycles. The molecule has 0 saturated carbocycles. The van der Waals surface area contributed by atoms with Crippen molar-refractivity contribution in [2.45, 2.75) is 32.7 Å². The minimum absolute atomic E-state index is 0.00689. The van der Waals surface area contributed by atoms with Crippen molar-refractivity contribution in [1.29, 1.82) is 0 Å². The van der Waals surface area contributed by atoms with E-state index < -0.39 is 0 Å². The lowest BCUT2D eigenvalue weighted by molar-refractivity contribution is -0.121. The second-order valence-corrected chi connectivity index (χ2v) is 4.81. The van der Waals surface area contributed by atoms with Crippen molar-refractivity contribution in [2.75, 3.05) is 12.3 Å². The highest BCUT2D eigenvalue weighted by atomic mass is 16.3. The molecule has 1 atom stereocenters. The maximum atomic E-state index is 11.9. The fourth-order valence-electron chi connectivity index (χ4n) is 1.84. The Bertz CT molecular complexity index is 391. The van der Waals surface area contributed by atoms with Gasteiger partial charge in [-0.1, -0.05) is 32.0 Å². The highest BCUT2D eigenvalue weighted by Crippen LogP contribution is 2.12. The van der Waals surface area contributed by atoms with Crippen LogP contribution in [-0.4, -0.2) is 23.7 Å². The number of hydrogen-bond donors (Lipinski definition) is 3. The highest BCUT2D eigenvalue weighted by molar-refractivity contribution is 5.80. The molecule has 0 aliphatic carbocycles. The Labute approximate surface area is 108 Å². The summed E-state index contributed by atoms with van der Waals surface area (Å²) >= 11 is 0. The van der Waals surface area contributed by atoms with E-state index in [1.54, 1.807) is 6.07 Å². The molecule has 0 aliphatic heterocycles. The summed E-state index contributed by atoms with van der Waals surface area (Å²) in [4.78, 5) is 11.9. The summed E-state index contributed by atoms with van der Waals surface area (Å²) in [6, 6.07) is 7.36. The summed E-state index contributed by atoms with van der Waals surface area (Å²) in [6.45, 7) is 4.13. The van der Waals surface area contributed by atoms with Crippen LogP contribution in [0.5, 0.6) is 0 Å². The number of aliphatic hydroxyl groups is 1. The molecule has 1 unspecified atom stereocenters.